The first-order valence-corrected chi connectivity index (χ1v) is 8.50. The van der Waals surface area contributed by atoms with Crippen LogP contribution in [0.3, 0.4) is 0 Å². The molecule has 1 aliphatic rings. The minimum atomic E-state index is -0.361. The van der Waals surface area contributed by atoms with E-state index in [2.05, 4.69) is 4.85 Å². The summed E-state index contributed by atoms with van der Waals surface area (Å²) in [6.07, 6.45) is -0.361. The molecular weight excluding hydrogens is 328 g/mol. The van der Waals surface area contributed by atoms with E-state index in [-0.39, 0.29) is 23.9 Å². The zero-order chi connectivity index (χ0) is 18.7. The van der Waals surface area contributed by atoms with Crippen LogP contribution in [-0.4, -0.2) is 38.6 Å². The second-order valence-corrected chi connectivity index (χ2v) is 6.73. The zero-order valence-electron chi connectivity index (χ0n) is 15.2. The highest BCUT2D eigenvalue weighted by Crippen LogP contribution is 2.46. The van der Waals surface area contributed by atoms with Gasteiger partial charge in [0.05, 0.1) is 19.6 Å². The molecule has 0 aromatic heterocycles. The molecule has 5 nitrogen and oxygen atoms in total. The molecule has 2 aromatic carbocycles. The van der Waals surface area contributed by atoms with Gasteiger partial charge in [0.15, 0.2) is 5.69 Å². The molecular formula is C21H22N2O3. The lowest BCUT2D eigenvalue weighted by Crippen LogP contribution is -2.28. The van der Waals surface area contributed by atoms with Crippen molar-refractivity contribution in [2.75, 3.05) is 27.7 Å². The first-order chi connectivity index (χ1) is 12.5. The Kier molecular flexibility index (Phi) is 5.24. The molecule has 1 saturated heterocycles. The van der Waals surface area contributed by atoms with Crippen molar-refractivity contribution in [3.63, 3.8) is 0 Å². The molecule has 1 aliphatic heterocycles. The predicted octanol–water partition coefficient (Wildman–Crippen LogP) is 3.81. The highest BCUT2D eigenvalue weighted by Gasteiger charge is 2.46. The van der Waals surface area contributed by atoms with Crippen LogP contribution >= 0.6 is 0 Å². The van der Waals surface area contributed by atoms with Crippen molar-refractivity contribution in [2.24, 2.45) is 5.92 Å². The maximum absolute atomic E-state index is 12.6. The highest BCUT2D eigenvalue weighted by atomic mass is 16.6. The van der Waals surface area contributed by atoms with Crippen molar-refractivity contribution in [3.05, 3.63) is 71.1 Å². The van der Waals surface area contributed by atoms with Crippen molar-refractivity contribution in [1.82, 2.24) is 4.90 Å². The van der Waals surface area contributed by atoms with Gasteiger partial charge < -0.3 is 14.4 Å². The fraction of sp³-hybridized carbons (Fsp3) is 0.333. The Bertz CT molecular complexity index is 807. The Balaban J connectivity index is 2.00. The van der Waals surface area contributed by atoms with Crippen molar-refractivity contribution in [3.8, 4) is 5.75 Å². The van der Waals surface area contributed by atoms with Gasteiger partial charge >= 0.3 is 5.97 Å². The third kappa shape index (κ3) is 3.56. The van der Waals surface area contributed by atoms with E-state index in [1.165, 1.54) is 0 Å². The van der Waals surface area contributed by atoms with Crippen LogP contribution in [0.2, 0.25) is 0 Å². The van der Waals surface area contributed by atoms with Crippen LogP contribution in [0.1, 0.15) is 23.1 Å². The number of nitrogens with zero attached hydrogens (tertiary/aromatic N) is 2. The number of hydrogen-bond donors (Lipinski definition) is 0. The van der Waals surface area contributed by atoms with Gasteiger partial charge in [0.25, 0.3) is 0 Å². The van der Waals surface area contributed by atoms with Gasteiger partial charge in [0, 0.05) is 12.5 Å². The number of esters is 1. The summed E-state index contributed by atoms with van der Waals surface area (Å²) in [6, 6.07) is 15.1. The molecule has 134 valence electrons. The van der Waals surface area contributed by atoms with E-state index in [0.717, 1.165) is 16.9 Å². The maximum Gasteiger partial charge on any atom is 0.311 e. The number of carbonyl (C=O) groups excluding carboxylic acids is 1. The summed E-state index contributed by atoms with van der Waals surface area (Å²) < 4.78 is 11.0. The Morgan fingerprint density at radius 1 is 1.08 bits per heavy atom. The molecule has 3 rings (SSSR count). The summed E-state index contributed by atoms with van der Waals surface area (Å²) >= 11 is 0. The third-order valence-corrected chi connectivity index (χ3v) is 4.72. The van der Waals surface area contributed by atoms with Crippen LogP contribution in [0.25, 0.3) is 4.85 Å². The van der Waals surface area contributed by atoms with E-state index in [0.29, 0.717) is 12.2 Å². The second kappa shape index (κ2) is 7.59. The average Bonchev–Trinajstić information content (AvgIpc) is 2.97. The molecule has 0 amide bonds. The summed E-state index contributed by atoms with van der Waals surface area (Å²) in [5, 5.41) is 0. The summed E-state index contributed by atoms with van der Waals surface area (Å²) in [4.78, 5) is 18.0. The molecule has 0 aliphatic carbocycles. The molecule has 0 unspecified atom stereocenters. The van der Waals surface area contributed by atoms with Gasteiger partial charge in [-0.2, -0.15) is 0 Å². The lowest BCUT2D eigenvalue weighted by atomic mass is 9.81. The van der Waals surface area contributed by atoms with E-state index in [9.17, 15) is 4.79 Å². The molecule has 0 saturated carbocycles. The zero-order valence-corrected chi connectivity index (χ0v) is 15.2. The number of methoxy groups -OCH3 is 1. The monoisotopic (exact) mass is 350 g/mol. The Morgan fingerprint density at radius 3 is 2.23 bits per heavy atom. The van der Waals surface area contributed by atoms with Gasteiger partial charge in [-0.1, -0.05) is 36.4 Å². The van der Waals surface area contributed by atoms with Crippen molar-refractivity contribution in [2.45, 2.75) is 12.0 Å². The van der Waals surface area contributed by atoms with Crippen LogP contribution in [0, 0.1) is 12.5 Å². The summed E-state index contributed by atoms with van der Waals surface area (Å²) in [6.45, 7) is 7.72. The Labute approximate surface area is 154 Å². The average molecular weight is 350 g/mol. The SMILES string of the molecule is [C-]#[N+]c1ccc([C@H]2OC(=O)[C@@H](CN(C)C)[C@H]2c2ccc(OC)cc2)cc1. The largest absolute Gasteiger partial charge is 0.497 e. The quantitative estimate of drug-likeness (QED) is 0.608. The fourth-order valence-corrected chi connectivity index (χ4v) is 3.47. The minimum Gasteiger partial charge on any atom is -0.497 e. The molecule has 2 aromatic rings. The Hall–Kier alpha value is -2.84. The molecule has 0 N–H and O–H groups in total. The van der Waals surface area contributed by atoms with E-state index in [4.69, 9.17) is 16.0 Å². The van der Waals surface area contributed by atoms with Gasteiger partial charge in [-0.15, -0.1) is 0 Å². The van der Waals surface area contributed by atoms with Crippen LogP contribution in [0.15, 0.2) is 48.5 Å². The summed E-state index contributed by atoms with van der Waals surface area (Å²) in [5.41, 5.74) is 2.53. The minimum absolute atomic E-state index is 0.0883. The number of benzene rings is 2. The number of rotatable bonds is 5. The van der Waals surface area contributed by atoms with Gasteiger partial charge in [-0.25, -0.2) is 4.85 Å². The maximum atomic E-state index is 12.6. The van der Waals surface area contributed by atoms with Gasteiger partial charge in [0.2, 0.25) is 0 Å². The molecule has 26 heavy (non-hydrogen) atoms. The molecule has 0 bridgehead atoms. The summed E-state index contributed by atoms with van der Waals surface area (Å²) in [7, 11) is 5.54. The second-order valence-electron chi connectivity index (χ2n) is 6.73. The number of carbonyl (C=O) groups is 1. The normalized spacial score (nSPS) is 22.1. The molecule has 1 fully saturated rings. The van der Waals surface area contributed by atoms with Crippen molar-refractivity contribution >= 4 is 11.7 Å². The van der Waals surface area contributed by atoms with E-state index in [1.54, 1.807) is 19.2 Å². The van der Waals surface area contributed by atoms with Gasteiger partial charge in [0.1, 0.15) is 11.9 Å². The first-order valence-electron chi connectivity index (χ1n) is 8.50. The Morgan fingerprint density at radius 2 is 1.69 bits per heavy atom. The van der Waals surface area contributed by atoms with E-state index >= 15 is 0 Å². The van der Waals surface area contributed by atoms with Crippen LogP contribution < -0.4 is 4.74 Å². The molecule has 1 heterocycles. The van der Waals surface area contributed by atoms with Crippen molar-refractivity contribution < 1.29 is 14.3 Å². The lowest BCUT2D eigenvalue weighted by molar-refractivity contribution is -0.144. The topological polar surface area (TPSA) is 43.1 Å². The van der Waals surface area contributed by atoms with E-state index in [1.807, 2.05) is 55.4 Å². The van der Waals surface area contributed by atoms with Gasteiger partial charge in [-0.3, -0.25) is 4.79 Å². The fourth-order valence-electron chi connectivity index (χ4n) is 3.47. The number of ether oxygens (including phenoxy) is 2. The smallest absolute Gasteiger partial charge is 0.311 e. The van der Waals surface area contributed by atoms with Crippen molar-refractivity contribution in [1.29, 1.82) is 0 Å². The number of cyclic esters (lactones) is 1. The standard InChI is InChI=1S/C21H22N2O3/c1-22-16-9-5-15(6-10-16)20-19(14-7-11-17(25-4)12-8-14)18(13-23(2)3)21(24)26-20/h5-12,18-20H,13H2,2-4H3/t18-,19+,20+/m0/s1. The van der Waals surface area contributed by atoms with Crippen LogP contribution in [0.5, 0.6) is 5.75 Å². The highest BCUT2D eigenvalue weighted by molar-refractivity contribution is 5.77. The predicted molar refractivity (Wildman–Crippen MR) is 99.3 cm³/mol. The van der Waals surface area contributed by atoms with Crippen LogP contribution in [-0.2, 0) is 9.53 Å². The van der Waals surface area contributed by atoms with E-state index < -0.39 is 0 Å². The molecule has 0 spiro atoms. The van der Waals surface area contributed by atoms with Gasteiger partial charge in [-0.05, 0) is 37.4 Å². The third-order valence-electron chi connectivity index (χ3n) is 4.72. The number of hydrogen-bond acceptors (Lipinski definition) is 4. The molecule has 5 heteroatoms. The molecule has 3 atom stereocenters. The first kappa shape index (κ1) is 18.0. The van der Waals surface area contributed by atoms with Crippen LogP contribution in [0.4, 0.5) is 5.69 Å². The molecule has 0 radical (unpaired) electrons. The summed E-state index contributed by atoms with van der Waals surface area (Å²) in [5.74, 6) is 0.262. The lowest BCUT2D eigenvalue weighted by Gasteiger charge is -2.24.